The van der Waals surface area contributed by atoms with Gasteiger partial charge in [-0.25, -0.2) is 4.79 Å². The van der Waals surface area contributed by atoms with Gasteiger partial charge in [0.2, 0.25) is 11.8 Å². The van der Waals surface area contributed by atoms with Crippen LogP contribution in [0.1, 0.15) is 37.3 Å². The van der Waals surface area contributed by atoms with Gasteiger partial charge in [0.1, 0.15) is 17.9 Å². The Balaban J connectivity index is 1.41. The number of imide groups is 1. The van der Waals surface area contributed by atoms with Crippen molar-refractivity contribution in [1.82, 2.24) is 4.90 Å². The van der Waals surface area contributed by atoms with Crippen molar-refractivity contribution in [3.8, 4) is 5.75 Å². The number of aryl methyl sites for hydroxylation is 1. The summed E-state index contributed by atoms with van der Waals surface area (Å²) < 4.78 is 10.4. The summed E-state index contributed by atoms with van der Waals surface area (Å²) in [6, 6.07) is 4.32. The fourth-order valence-electron chi connectivity index (χ4n) is 4.23. The first-order valence-electron chi connectivity index (χ1n) is 10.3. The lowest BCUT2D eigenvalue weighted by atomic mass is 9.85. The van der Waals surface area contributed by atoms with E-state index in [4.69, 9.17) is 9.15 Å². The van der Waals surface area contributed by atoms with Crippen LogP contribution in [0.25, 0.3) is 11.0 Å². The van der Waals surface area contributed by atoms with Gasteiger partial charge in [0.05, 0.1) is 18.3 Å². The highest BCUT2D eigenvalue weighted by atomic mass is 16.5. The van der Waals surface area contributed by atoms with E-state index in [1.165, 1.54) is 12.1 Å². The van der Waals surface area contributed by atoms with Crippen molar-refractivity contribution < 1.29 is 28.6 Å². The van der Waals surface area contributed by atoms with E-state index in [2.05, 4.69) is 0 Å². The molecule has 1 saturated heterocycles. The van der Waals surface area contributed by atoms with E-state index in [1.54, 1.807) is 6.07 Å². The van der Waals surface area contributed by atoms with Crippen LogP contribution in [-0.4, -0.2) is 34.3 Å². The van der Waals surface area contributed by atoms with Gasteiger partial charge in [-0.2, -0.15) is 0 Å². The van der Waals surface area contributed by atoms with E-state index in [9.17, 15) is 24.3 Å². The predicted octanol–water partition coefficient (Wildman–Crippen LogP) is 2.45. The lowest BCUT2D eigenvalue weighted by molar-refractivity contribution is -0.146. The number of phenols is 1. The van der Waals surface area contributed by atoms with Gasteiger partial charge in [0.15, 0.2) is 0 Å². The molecule has 1 aliphatic heterocycles. The van der Waals surface area contributed by atoms with Crippen LogP contribution in [0.2, 0.25) is 0 Å². The molecule has 2 atom stereocenters. The Hall–Kier alpha value is -3.42. The standard InChI is InChI=1S/C23H23NO7/c1-2-13-9-17-14(10-21(27)31-19(17)11-18(13)25)12-30-20(26)7-8-24-22(28)15-5-3-4-6-16(15)23(24)29/h3-4,9-11,15-16,25H,2,5-8,12H2,1H3/t15-,16+. The summed E-state index contributed by atoms with van der Waals surface area (Å²) >= 11 is 0. The Bertz CT molecular complexity index is 1120. The van der Waals surface area contributed by atoms with E-state index in [1.807, 2.05) is 19.1 Å². The fourth-order valence-corrected chi connectivity index (χ4v) is 4.23. The van der Waals surface area contributed by atoms with Gasteiger partial charge in [-0.05, 0) is 30.9 Å². The van der Waals surface area contributed by atoms with Crippen LogP contribution < -0.4 is 5.63 Å². The molecule has 1 N–H and O–H groups in total. The molecule has 8 heteroatoms. The topological polar surface area (TPSA) is 114 Å². The van der Waals surface area contributed by atoms with Crippen molar-refractivity contribution >= 4 is 28.8 Å². The third-order valence-corrected chi connectivity index (χ3v) is 5.94. The maximum atomic E-state index is 12.5. The number of amides is 2. The maximum Gasteiger partial charge on any atom is 0.336 e. The maximum absolute atomic E-state index is 12.5. The molecule has 0 unspecified atom stereocenters. The van der Waals surface area contributed by atoms with Gasteiger partial charge in [-0.3, -0.25) is 19.3 Å². The van der Waals surface area contributed by atoms with Gasteiger partial charge >= 0.3 is 11.6 Å². The highest BCUT2D eigenvalue weighted by Crippen LogP contribution is 2.35. The molecule has 2 amide bonds. The number of hydrogen-bond donors (Lipinski definition) is 1. The molecule has 1 aromatic heterocycles. The number of phenolic OH excluding ortho intramolecular Hbond substituents is 1. The number of aromatic hydroxyl groups is 1. The molecule has 4 rings (SSSR count). The zero-order chi connectivity index (χ0) is 22.1. The molecule has 2 heterocycles. The van der Waals surface area contributed by atoms with E-state index in [0.29, 0.717) is 35.8 Å². The van der Waals surface area contributed by atoms with E-state index < -0.39 is 11.6 Å². The zero-order valence-electron chi connectivity index (χ0n) is 17.1. The molecule has 1 fully saturated rings. The lowest BCUT2D eigenvalue weighted by Crippen LogP contribution is -2.33. The Morgan fingerprint density at radius 1 is 1.10 bits per heavy atom. The summed E-state index contributed by atoms with van der Waals surface area (Å²) in [6.07, 6.45) is 5.38. The molecule has 8 nitrogen and oxygen atoms in total. The first-order valence-corrected chi connectivity index (χ1v) is 10.3. The molecular formula is C23H23NO7. The fraction of sp³-hybridized carbons (Fsp3) is 0.391. The molecule has 2 aromatic rings. The molecular weight excluding hydrogens is 402 g/mol. The normalized spacial score (nSPS) is 20.4. The molecule has 2 aliphatic rings. The third-order valence-electron chi connectivity index (χ3n) is 5.94. The number of ether oxygens (including phenoxy) is 1. The number of benzene rings is 1. The van der Waals surface area contributed by atoms with Crippen molar-refractivity contribution in [1.29, 1.82) is 0 Å². The average Bonchev–Trinajstić information content (AvgIpc) is 3.00. The number of allylic oxidation sites excluding steroid dienone is 2. The molecule has 0 saturated carbocycles. The second-order valence-electron chi connectivity index (χ2n) is 7.82. The minimum Gasteiger partial charge on any atom is -0.508 e. The summed E-state index contributed by atoms with van der Waals surface area (Å²) in [5, 5.41) is 10.6. The molecule has 0 bridgehead atoms. The first kappa shape index (κ1) is 20.8. The molecule has 0 radical (unpaired) electrons. The van der Waals surface area contributed by atoms with Crippen LogP contribution in [0.5, 0.6) is 5.75 Å². The van der Waals surface area contributed by atoms with Gasteiger partial charge in [0, 0.05) is 29.6 Å². The van der Waals surface area contributed by atoms with Crippen molar-refractivity contribution in [3.63, 3.8) is 0 Å². The van der Waals surface area contributed by atoms with Crippen LogP contribution in [0.4, 0.5) is 0 Å². The molecule has 162 valence electrons. The second kappa shape index (κ2) is 8.37. The van der Waals surface area contributed by atoms with Crippen LogP contribution in [0, 0.1) is 11.8 Å². The van der Waals surface area contributed by atoms with Crippen molar-refractivity contribution in [2.24, 2.45) is 11.8 Å². The van der Waals surface area contributed by atoms with Gasteiger partial charge < -0.3 is 14.3 Å². The van der Waals surface area contributed by atoms with E-state index >= 15 is 0 Å². The number of likely N-dealkylation sites (tertiary alicyclic amines) is 1. The number of fused-ring (bicyclic) bond motifs is 2. The van der Waals surface area contributed by atoms with Crippen LogP contribution in [-0.2, 0) is 32.1 Å². The van der Waals surface area contributed by atoms with Gasteiger partial charge in [-0.15, -0.1) is 0 Å². The monoisotopic (exact) mass is 425 g/mol. The Kier molecular flexibility index (Phi) is 5.63. The minimum atomic E-state index is -0.619. The molecule has 31 heavy (non-hydrogen) atoms. The zero-order valence-corrected chi connectivity index (χ0v) is 17.1. The van der Waals surface area contributed by atoms with Crippen LogP contribution in [0.15, 0.2) is 39.6 Å². The van der Waals surface area contributed by atoms with Crippen molar-refractivity contribution in [3.05, 3.63) is 51.9 Å². The van der Waals surface area contributed by atoms with E-state index in [-0.39, 0.29) is 54.6 Å². The number of esters is 1. The summed E-state index contributed by atoms with van der Waals surface area (Å²) in [5.74, 6) is -1.66. The SMILES string of the molecule is CCc1cc2c(COC(=O)CCN3C(=O)[C@H]4CC=CC[C@H]4C3=O)cc(=O)oc2cc1O. The lowest BCUT2D eigenvalue weighted by Gasteiger charge is -2.14. The van der Waals surface area contributed by atoms with Crippen LogP contribution in [0.3, 0.4) is 0 Å². The number of carbonyl (C=O) groups excluding carboxylic acids is 3. The summed E-state index contributed by atoms with van der Waals surface area (Å²) in [6.45, 7) is 1.70. The summed E-state index contributed by atoms with van der Waals surface area (Å²) in [7, 11) is 0. The summed E-state index contributed by atoms with van der Waals surface area (Å²) in [5.41, 5.74) is 0.722. The Morgan fingerprint density at radius 2 is 1.77 bits per heavy atom. The van der Waals surface area contributed by atoms with Crippen molar-refractivity contribution in [2.45, 2.75) is 39.2 Å². The quantitative estimate of drug-likeness (QED) is 0.327. The summed E-state index contributed by atoms with van der Waals surface area (Å²) in [4.78, 5) is 50.2. The smallest absolute Gasteiger partial charge is 0.336 e. The molecule has 1 aliphatic carbocycles. The van der Waals surface area contributed by atoms with Crippen molar-refractivity contribution in [2.75, 3.05) is 6.54 Å². The number of hydrogen-bond acceptors (Lipinski definition) is 7. The second-order valence-corrected chi connectivity index (χ2v) is 7.82. The Morgan fingerprint density at radius 3 is 2.42 bits per heavy atom. The first-order chi connectivity index (χ1) is 14.9. The highest BCUT2D eigenvalue weighted by Gasteiger charge is 2.46. The number of carbonyl (C=O) groups is 3. The Labute approximate surface area is 178 Å². The highest BCUT2D eigenvalue weighted by molar-refractivity contribution is 6.05. The number of nitrogens with zero attached hydrogens (tertiary/aromatic N) is 1. The third kappa shape index (κ3) is 3.97. The molecule has 1 aromatic carbocycles. The minimum absolute atomic E-state index is 0.0188. The van der Waals surface area contributed by atoms with Gasteiger partial charge in [0.25, 0.3) is 0 Å². The van der Waals surface area contributed by atoms with Gasteiger partial charge in [-0.1, -0.05) is 19.1 Å². The van der Waals surface area contributed by atoms with E-state index in [0.717, 1.165) is 4.90 Å². The molecule has 0 spiro atoms. The number of rotatable bonds is 6. The van der Waals surface area contributed by atoms with Crippen LogP contribution >= 0.6 is 0 Å². The average molecular weight is 425 g/mol. The largest absolute Gasteiger partial charge is 0.508 e. The predicted molar refractivity (Wildman–Crippen MR) is 110 cm³/mol.